The van der Waals surface area contributed by atoms with Gasteiger partial charge in [-0.1, -0.05) is 12.1 Å². The van der Waals surface area contributed by atoms with Crippen LogP contribution < -0.4 is 9.80 Å². The van der Waals surface area contributed by atoms with Gasteiger partial charge in [-0.25, -0.2) is 35.9 Å². The van der Waals surface area contributed by atoms with Gasteiger partial charge in [0.2, 0.25) is 16.0 Å². The summed E-state index contributed by atoms with van der Waals surface area (Å²) in [4.78, 5) is 26.5. The first-order chi connectivity index (χ1) is 22.1. The lowest BCUT2D eigenvalue weighted by Crippen LogP contribution is -2.47. The molecule has 0 radical (unpaired) electrons. The quantitative estimate of drug-likeness (QED) is 0.224. The van der Waals surface area contributed by atoms with E-state index in [4.69, 9.17) is 0 Å². The van der Waals surface area contributed by atoms with Gasteiger partial charge in [-0.05, 0) is 73.9 Å². The topological polar surface area (TPSA) is 86.7 Å². The maximum Gasteiger partial charge on any atom is 0.243 e. The van der Waals surface area contributed by atoms with Crippen LogP contribution in [0.3, 0.4) is 0 Å². The normalized spacial score (nSPS) is 17.4. The zero-order valence-electron chi connectivity index (χ0n) is 24.8. The summed E-state index contributed by atoms with van der Waals surface area (Å²) < 4.78 is 83.9. The molecule has 0 N–H and O–H groups in total. The first kappa shape index (κ1) is 31.6. The number of halogens is 4. The average Bonchev–Trinajstić information content (AvgIpc) is 3.55. The minimum Gasteiger partial charge on any atom is -0.366 e. The predicted octanol–water partition coefficient (Wildman–Crippen LogP) is 5.38. The minimum absolute atomic E-state index is 0.0332. The number of aryl methyl sites for hydroxylation is 1. The molecule has 0 bridgehead atoms. The fourth-order valence-corrected chi connectivity index (χ4v) is 7.65. The molecule has 3 heterocycles. The molecule has 1 atom stereocenters. The molecule has 13 heteroatoms. The summed E-state index contributed by atoms with van der Waals surface area (Å²) in [6, 6.07) is 14.8. The van der Waals surface area contributed by atoms with Gasteiger partial charge >= 0.3 is 0 Å². The second-order valence-corrected chi connectivity index (χ2v) is 13.2. The second-order valence-electron chi connectivity index (χ2n) is 11.3. The number of anilines is 2. The third-order valence-corrected chi connectivity index (χ3v) is 10.2. The van der Waals surface area contributed by atoms with Crippen molar-refractivity contribution in [2.75, 3.05) is 42.5 Å². The third-order valence-electron chi connectivity index (χ3n) is 8.30. The van der Waals surface area contributed by atoms with E-state index in [0.29, 0.717) is 56.4 Å². The van der Waals surface area contributed by atoms with Gasteiger partial charge in [0.05, 0.1) is 22.3 Å². The van der Waals surface area contributed by atoms with Crippen LogP contribution in [0.1, 0.15) is 25.0 Å². The molecule has 2 fully saturated rings. The molecule has 0 spiro atoms. The molecule has 1 aromatic heterocycles. The molecule has 6 rings (SSSR count). The summed E-state index contributed by atoms with van der Waals surface area (Å²) in [5, 5.41) is 0. The van der Waals surface area contributed by atoms with Crippen LogP contribution in [0.4, 0.5) is 29.2 Å². The van der Waals surface area contributed by atoms with Crippen molar-refractivity contribution in [2.45, 2.75) is 36.6 Å². The molecule has 2 aliphatic heterocycles. The van der Waals surface area contributed by atoms with Crippen LogP contribution >= 0.6 is 0 Å². The highest BCUT2D eigenvalue weighted by Gasteiger charge is 2.39. The maximum absolute atomic E-state index is 14.4. The molecule has 0 amide bonds. The summed E-state index contributed by atoms with van der Waals surface area (Å²) in [5.41, 5.74) is 1.41. The van der Waals surface area contributed by atoms with Crippen molar-refractivity contribution in [1.29, 1.82) is 0 Å². The number of aromatic nitrogens is 2. The number of hydrogen-bond donors (Lipinski definition) is 0. The number of carbonyl (C=O) groups excluding carboxylic acids is 1. The van der Waals surface area contributed by atoms with Crippen molar-refractivity contribution in [2.24, 2.45) is 0 Å². The number of sulfonamides is 1. The van der Waals surface area contributed by atoms with E-state index in [2.05, 4.69) is 9.97 Å². The van der Waals surface area contributed by atoms with E-state index >= 15 is 0 Å². The van der Waals surface area contributed by atoms with Gasteiger partial charge in [-0.15, -0.1) is 0 Å². The fourth-order valence-electron chi connectivity index (χ4n) is 5.97. The van der Waals surface area contributed by atoms with Crippen LogP contribution in [0.5, 0.6) is 0 Å². The van der Waals surface area contributed by atoms with Crippen molar-refractivity contribution in [3.8, 4) is 11.3 Å². The molecule has 4 aromatic rings. The van der Waals surface area contributed by atoms with Gasteiger partial charge < -0.3 is 9.80 Å². The van der Waals surface area contributed by atoms with Gasteiger partial charge in [0.25, 0.3) is 0 Å². The van der Waals surface area contributed by atoms with Crippen molar-refractivity contribution in [3.63, 3.8) is 0 Å². The lowest BCUT2D eigenvalue weighted by Gasteiger charge is -2.36. The number of ketones is 1. The van der Waals surface area contributed by atoms with Gasteiger partial charge in [-0.2, -0.15) is 4.31 Å². The standard InChI is InChI=1S/C33H31F4N5O3S/c34-23-7-10-27(11-8-23)46(44,45)42-13-3-6-31(42)32(43)12-9-26-21-29(22-18-24(35)20-25(36)19-22)39-33(38-26)41-16-14-40(15-17-41)30-5-2-1-4-28(30)37/h1-2,4-5,7-8,10-11,18-21,31H,3,6,9,12-17H2/t31-/m0/s1. The van der Waals surface area contributed by atoms with Crippen LogP contribution in [0.25, 0.3) is 11.3 Å². The van der Waals surface area contributed by atoms with Crippen molar-refractivity contribution >= 4 is 27.4 Å². The molecule has 8 nitrogen and oxygen atoms in total. The molecule has 2 aliphatic rings. The van der Waals surface area contributed by atoms with Crippen LogP contribution in [-0.4, -0.2) is 67.2 Å². The number of benzene rings is 3. The predicted molar refractivity (Wildman–Crippen MR) is 165 cm³/mol. The largest absolute Gasteiger partial charge is 0.366 e. The second kappa shape index (κ2) is 13.2. The van der Waals surface area contributed by atoms with Gasteiger partial charge in [0.15, 0.2) is 5.78 Å². The first-order valence-electron chi connectivity index (χ1n) is 15.0. The molecule has 0 aliphatic carbocycles. The van der Waals surface area contributed by atoms with E-state index < -0.39 is 33.5 Å². The molecular weight excluding hydrogens is 622 g/mol. The summed E-state index contributed by atoms with van der Waals surface area (Å²) >= 11 is 0. The monoisotopic (exact) mass is 653 g/mol. The number of para-hydroxylation sites is 1. The van der Waals surface area contributed by atoms with Crippen LogP contribution in [0.15, 0.2) is 77.7 Å². The average molecular weight is 654 g/mol. The Balaban J connectivity index is 1.22. The number of rotatable bonds is 9. The Hall–Kier alpha value is -4.36. The zero-order chi connectivity index (χ0) is 32.4. The van der Waals surface area contributed by atoms with Crippen molar-refractivity contribution < 1.29 is 30.8 Å². The molecule has 2 saturated heterocycles. The maximum atomic E-state index is 14.4. The molecule has 46 heavy (non-hydrogen) atoms. The Labute approximate surface area is 264 Å². The number of Topliss-reactive ketones (excluding diaryl/α,β-unsaturated/α-hetero) is 1. The number of piperazine rings is 1. The van der Waals surface area contributed by atoms with Crippen LogP contribution in [0.2, 0.25) is 0 Å². The molecule has 240 valence electrons. The lowest BCUT2D eigenvalue weighted by molar-refractivity contribution is -0.122. The molecular formula is C33H31F4N5O3S. The summed E-state index contributed by atoms with van der Waals surface area (Å²) in [5.74, 6) is -2.41. The van der Waals surface area contributed by atoms with E-state index in [1.54, 1.807) is 24.3 Å². The van der Waals surface area contributed by atoms with Crippen molar-refractivity contribution in [3.05, 3.63) is 102 Å². The number of carbonyl (C=O) groups is 1. The molecule has 0 unspecified atom stereocenters. The van der Waals surface area contributed by atoms with Gasteiger partial charge in [-0.3, -0.25) is 4.79 Å². The summed E-state index contributed by atoms with van der Waals surface area (Å²) in [7, 11) is -4.02. The van der Waals surface area contributed by atoms with E-state index in [1.807, 2.05) is 9.80 Å². The van der Waals surface area contributed by atoms with E-state index in [-0.39, 0.29) is 47.1 Å². The first-order valence-corrected chi connectivity index (χ1v) is 16.4. The Morgan fingerprint density at radius 3 is 2.15 bits per heavy atom. The van der Waals surface area contributed by atoms with E-state index in [9.17, 15) is 30.8 Å². The van der Waals surface area contributed by atoms with E-state index in [1.165, 1.54) is 22.5 Å². The Morgan fingerprint density at radius 1 is 0.783 bits per heavy atom. The lowest BCUT2D eigenvalue weighted by atomic mass is 10.0. The van der Waals surface area contributed by atoms with Crippen LogP contribution in [0, 0.1) is 23.3 Å². The van der Waals surface area contributed by atoms with Gasteiger partial charge in [0, 0.05) is 56.5 Å². The zero-order valence-corrected chi connectivity index (χ0v) is 25.6. The smallest absolute Gasteiger partial charge is 0.243 e. The Kier molecular flexibility index (Phi) is 9.05. The molecule has 0 saturated carbocycles. The third kappa shape index (κ3) is 6.75. The highest BCUT2D eigenvalue weighted by Crippen LogP contribution is 2.29. The highest BCUT2D eigenvalue weighted by molar-refractivity contribution is 7.89. The molecule has 3 aromatic carbocycles. The minimum atomic E-state index is -4.02. The summed E-state index contributed by atoms with van der Waals surface area (Å²) in [6.07, 6.45) is 0.959. The van der Waals surface area contributed by atoms with Gasteiger partial charge in [0.1, 0.15) is 23.3 Å². The number of hydrogen-bond acceptors (Lipinski definition) is 7. The van der Waals surface area contributed by atoms with Crippen molar-refractivity contribution in [1.82, 2.24) is 14.3 Å². The fraction of sp³-hybridized carbons (Fsp3) is 0.303. The Morgan fingerprint density at radius 2 is 1.46 bits per heavy atom. The highest BCUT2D eigenvalue weighted by atomic mass is 32.2. The van der Waals surface area contributed by atoms with Crippen LogP contribution in [-0.2, 0) is 21.2 Å². The Bertz CT molecular complexity index is 1830. The SMILES string of the molecule is O=C(CCc1cc(-c2cc(F)cc(F)c2)nc(N2CCN(c3ccccc3F)CC2)n1)[C@@H]1CCCN1S(=O)(=O)c1ccc(F)cc1. The van der Waals surface area contributed by atoms with E-state index in [0.717, 1.165) is 30.3 Å². The summed E-state index contributed by atoms with van der Waals surface area (Å²) in [6.45, 7) is 2.04. The number of nitrogens with zero attached hydrogens (tertiary/aromatic N) is 5.